The molecule has 4 heteroatoms. The number of hydrogen-bond acceptors (Lipinski definition) is 3. The Labute approximate surface area is 126 Å². The van der Waals surface area contributed by atoms with Crippen LogP contribution >= 0.6 is 7.60 Å². The molecule has 0 aliphatic carbocycles. The molecule has 0 heterocycles. The van der Waals surface area contributed by atoms with Crippen molar-refractivity contribution >= 4 is 7.60 Å². The van der Waals surface area contributed by atoms with E-state index in [2.05, 4.69) is 41.5 Å². The zero-order valence-electron chi connectivity index (χ0n) is 14.7. The topological polar surface area (TPSA) is 35.5 Å². The number of rotatable bonds is 10. The largest absolute Gasteiger partial charge is 0.336 e. The van der Waals surface area contributed by atoms with Gasteiger partial charge in [0.1, 0.15) is 0 Å². The van der Waals surface area contributed by atoms with Gasteiger partial charge >= 0.3 is 7.60 Å². The zero-order valence-corrected chi connectivity index (χ0v) is 15.6. The third-order valence-electron chi connectivity index (χ3n) is 4.63. The van der Waals surface area contributed by atoms with Crippen molar-refractivity contribution < 1.29 is 13.6 Å². The monoisotopic (exact) mass is 306 g/mol. The van der Waals surface area contributed by atoms with E-state index in [1.54, 1.807) is 0 Å². The molecule has 0 aliphatic rings. The van der Waals surface area contributed by atoms with Crippen LogP contribution in [-0.4, -0.2) is 18.4 Å². The summed E-state index contributed by atoms with van der Waals surface area (Å²) in [5.41, 5.74) is 0. The molecule has 0 rings (SSSR count). The van der Waals surface area contributed by atoms with Crippen molar-refractivity contribution in [1.29, 1.82) is 0 Å². The summed E-state index contributed by atoms with van der Waals surface area (Å²) in [5.74, 6) is 1.31. The van der Waals surface area contributed by atoms with Crippen LogP contribution in [0, 0.1) is 17.8 Å². The molecule has 0 bridgehead atoms. The highest BCUT2D eigenvalue weighted by molar-refractivity contribution is 7.55. The van der Waals surface area contributed by atoms with Gasteiger partial charge in [-0.15, -0.1) is 0 Å². The van der Waals surface area contributed by atoms with Crippen LogP contribution in [0.2, 0.25) is 0 Å². The van der Waals surface area contributed by atoms with E-state index in [-0.39, 0.29) is 0 Å². The van der Waals surface area contributed by atoms with Gasteiger partial charge in [0.2, 0.25) is 0 Å². The predicted octanol–water partition coefficient (Wildman–Crippen LogP) is 5.74. The molecule has 0 N–H and O–H groups in total. The summed E-state index contributed by atoms with van der Waals surface area (Å²) in [6, 6.07) is 0. The van der Waals surface area contributed by atoms with Crippen molar-refractivity contribution in [2.24, 2.45) is 17.8 Å². The minimum atomic E-state index is -3.11. The Balaban J connectivity index is 5.62. The van der Waals surface area contributed by atoms with Gasteiger partial charge in [0, 0.05) is 0 Å². The average Bonchev–Trinajstić information content (AvgIpc) is 2.38. The maximum absolute atomic E-state index is 13.3. The van der Waals surface area contributed by atoms with Crippen molar-refractivity contribution in [3.63, 3.8) is 0 Å². The van der Waals surface area contributed by atoms with Crippen LogP contribution in [-0.2, 0) is 13.6 Å². The summed E-state index contributed by atoms with van der Waals surface area (Å²) in [6.45, 7) is 17.6. The lowest BCUT2D eigenvalue weighted by molar-refractivity contribution is 0.136. The molecule has 20 heavy (non-hydrogen) atoms. The second-order valence-corrected chi connectivity index (χ2v) is 8.95. The zero-order chi connectivity index (χ0) is 16.0. The van der Waals surface area contributed by atoms with Crippen LogP contribution in [0.25, 0.3) is 0 Å². The third-order valence-corrected chi connectivity index (χ3v) is 7.54. The minimum Gasteiger partial charge on any atom is -0.308 e. The van der Waals surface area contributed by atoms with Crippen molar-refractivity contribution in [2.75, 3.05) is 13.2 Å². The second-order valence-electron chi connectivity index (χ2n) is 6.28. The van der Waals surface area contributed by atoms with Crippen molar-refractivity contribution in [3.8, 4) is 0 Å². The molecular weight excluding hydrogens is 271 g/mol. The molecule has 0 saturated heterocycles. The van der Waals surface area contributed by atoms with Gasteiger partial charge in [-0.1, -0.05) is 40.5 Å². The Morgan fingerprint density at radius 1 is 0.900 bits per heavy atom. The van der Waals surface area contributed by atoms with Gasteiger partial charge in [0.25, 0.3) is 0 Å². The minimum absolute atomic E-state index is 0.321. The molecule has 0 aromatic rings. The first-order chi connectivity index (χ1) is 9.21. The summed E-state index contributed by atoms with van der Waals surface area (Å²) in [5, 5.41) is -0.468. The van der Waals surface area contributed by atoms with E-state index in [9.17, 15) is 4.57 Å². The van der Waals surface area contributed by atoms with E-state index in [0.717, 1.165) is 12.8 Å². The normalized spacial score (nSPS) is 17.8. The molecule has 122 valence electrons. The van der Waals surface area contributed by atoms with Gasteiger partial charge in [-0.25, -0.2) is 0 Å². The fraction of sp³-hybridized carbons (Fsp3) is 1.00. The van der Waals surface area contributed by atoms with Crippen LogP contribution in [0.4, 0.5) is 0 Å². The molecular formula is C16H35O3P. The Bertz CT molecular complexity index is 295. The maximum Gasteiger partial charge on any atom is 0.336 e. The Morgan fingerprint density at radius 2 is 1.25 bits per heavy atom. The number of hydrogen-bond donors (Lipinski definition) is 0. The first-order valence-corrected chi connectivity index (χ1v) is 9.65. The van der Waals surface area contributed by atoms with Gasteiger partial charge in [-0.05, 0) is 45.4 Å². The molecule has 0 radical (unpaired) electrons. The van der Waals surface area contributed by atoms with Gasteiger partial charge in [-0.3, -0.25) is 4.57 Å². The van der Waals surface area contributed by atoms with Crippen molar-refractivity contribution in [2.45, 2.75) is 73.4 Å². The second kappa shape index (κ2) is 8.56. The van der Waals surface area contributed by atoms with E-state index >= 15 is 0 Å². The van der Waals surface area contributed by atoms with Gasteiger partial charge < -0.3 is 9.05 Å². The average molecular weight is 306 g/mol. The molecule has 3 nitrogen and oxygen atoms in total. The summed E-state index contributed by atoms with van der Waals surface area (Å²) in [6.07, 6.45) is 2.16. The molecule has 0 saturated carbocycles. The lowest BCUT2D eigenvalue weighted by Gasteiger charge is -2.44. The van der Waals surface area contributed by atoms with E-state index < -0.39 is 12.8 Å². The van der Waals surface area contributed by atoms with Crippen LogP contribution in [0.5, 0.6) is 0 Å². The fourth-order valence-corrected chi connectivity index (χ4v) is 5.65. The molecule has 0 aliphatic heterocycles. The fourth-order valence-electron chi connectivity index (χ4n) is 3.35. The van der Waals surface area contributed by atoms with Crippen LogP contribution in [0.15, 0.2) is 0 Å². The highest BCUT2D eigenvalue weighted by Gasteiger charge is 2.51. The summed E-state index contributed by atoms with van der Waals surface area (Å²) >= 11 is 0. The Morgan fingerprint density at radius 3 is 1.50 bits per heavy atom. The van der Waals surface area contributed by atoms with E-state index in [0.29, 0.717) is 31.0 Å². The van der Waals surface area contributed by atoms with Crippen LogP contribution in [0.3, 0.4) is 0 Å². The standard InChI is InChI=1S/C16H35O3P/c1-9-13(5)15(14(6)10-2)16(7,8)20(17,18-11-3)19-12-4/h13-15H,9-12H2,1-8H3. The van der Waals surface area contributed by atoms with Crippen molar-refractivity contribution in [3.05, 3.63) is 0 Å². The smallest absolute Gasteiger partial charge is 0.308 e. The lowest BCUT2D eigenvalue weighted by atomic mass is 9.73. The van der Waals surface area contributed by atoms with E-state index in [4.69, 9.17) is 9.05 Å². The first-order valence-electron chi connectivity index (χ1n) is 8.10. The third kappa shape index (κ3) is 4.32. The summed E-state index contributed by atoms with van der Waals surface area (Å²) in [4.78, 5) is 0. The van der Waals surface area contributed by atoms with E-state index in [1.165, 1.54) is 0 Å². The van der Waals surface area contributed by atoms with Crippen LogP contribution in [0.1, 0.15) is 68.2 Å². The Hall–Kier alpha value is 0.150. The quantitative estimate of drug-likeness (QED) is 0.483. The molecule has 0 aromatic heterocycles. The molecule has 0 fully saturated rings. The van der Waals surface area contributed by atoms with Gasteiger partial charge in [0.15, 0.2) is 0 Å². The van der Waals surface area contributed by atoms with Crippen molar-refractivity contribution in [1.82, 2.24) is 0 Å². The molecule has 2 unspecified atom stereocenters. The van der Waals surface area contributed by atoms with E-state index in [1.807, 2.05) is 13.8 Å². The predicted molar refractivity (Wildman–Crippen MR) is 87.3 cm³/mol. The first kappa shape index (κ1) is 20.1. The summed E-state index contributed by atoms with van der Waals surface area (Å²) < 4.78 is 24.5. The Kier molecular flexibility index (Phi) is 8.62. The highest BCUT2D eigenvalue weighted by atomic mass is 31.2. The highest BCUT2D eigenvalue weighted by Crippen LogP contribution is 2.65. The van der Waals surface area contributed by atoms with Gasteiger partial charge in [-0.2, -0.15) is 0 Å². The molecule has 0 spiro atoms. The SMILES string of the molecule is CCOP(=O)(OCC)C(C)(C)C(C(C)CC)C(C)CC. The summed E-state index contributed by atoms with van der Waals surface area (Å²) in [7, 11) is -3.11. The lowest BCUT2D eigenvalue weighted by Crippen LogP contribution is -2.40. The molecule has 2 atom stereocenters. The molecule has 0 amide bonds. The van der Waals surface area contributed by atoms with Crippen LogP contribution < -0.4 is 0 Å². The molecule has 0 aromatic carbocycles. The maximum atomic E-state index is 13.3. The van der Waals surface area contributed by atoms with Gasteiger partial charge in [0.05, 0.1) is 18.4 Å².